The van der Waals surface area contributed by atoms with Gasteiger partial charge in [0.2, 0.25) is 11.3 Å². The monoisotopic (exact) mass is 387 g/mol. The summed E-state index contributed by atoms with van der Waals surface area (Å²) in [5, 5.41) is 14.2. The number of carbonyl (C=O) groups is 3. The number of nitrogens with zero attached hydrogens (tertiary/aromatic N) is 2. The molecule has 2 amide bonds. The van der Waals surface area contributed by atoms with Gasteiger partial charge in [0.25, 0.3) is 5.91 Å². The van der Waals surface area contributed by atoms with Crippen molar-refractivity contribution in [3.05, 3.63) is 11.1 Å². The van der Waals surface area contributed by atoms with Gasteiger partial charge in [0.1, 0.15) is 11.3 Å². The number of rotatable bonds is 5. The van der Waals surface area contributed by atoms with E-state index in [9.17, 15) is 19.5 Å². The second kappa shape index (κ2) is 7.99. The summed E-state index contributed by atoms with van der Waals surface area (Å²) in [6.07, 6.45) is -0.866. The number of aliphatic carboxylic acids is 1. The van der Waals surface area contributed by atoms with Crippen LogP contribution in [-0.4, -0.2) is 45.0 Å². The van der Waals surface area contributed by atoms with Crippen LogP contribution in [0.1, 0.15) is 40.3 Å². The average molecular weight is 387 g/mol. The van der Waals surface area contributed by atoms with Gasteiger partial charge in [0.05, 0.1) is 0 Å². The first kappa shape index (κ1) is 21.2. The van der Waals surface area contributed by atoms with Gasteiger partial charge >= 0.3 is 12.1 Å². The molecule has 1 aromatic rings. The fraction of sp³-hybridized carbons (Fsp3) is 0.500. The van der Waals surface area contributed by atoms with Crippen LogP contribution in [0, 0.1) is 0 Å². The summed E-state index contributed by atoms with van der Waals surface area (Å²) in [6, 6.07) is 0. The lowest BCUT2D eigenvalue weighted by molar-refractivity contribution is -0.144. The molecule has 0 aliphatic heterocycles. The predicted octanol–water partition coefficient (Wildman–Crippen LogP) is 0.865. The van der Waals surface area contributed by atoms with Gasteiger partial charge in [-0.25, -0.2) is 20.0 Å². The number of nitrogens with two attached hydrogens (primary N) is 1. The van der Waals surface area contributed by atoms with Crippen molar-refractivity contribution in [1.29, 1.82) is 0 Å². The fourth-order valence-corrected chi connectivity index (χ4v) is 1.90. The number of hydrogen-bond donors (Lipinski definition) is 4. The largest absolute Gasteiger partial charge is 0.476 e. The van der Waals surface area contributed by atoms with Crippen molar-refractivity contribution < 1.29 is 29.1 Å². The number of carboxylic acids is 1. The molecule has 0 saturated heterocycles. The highest BCUT2D eigenvalue weighted by molar-refractivity contribution is 7.13. The van der Waals surface area contributed by atoms with Crippen LogP contribution in [0.15, 0.2) is 10.5 Å². The van der Waals surface area contributed by atoms with Crippen molar-refractivity contribution in [2.75, 3.05) is 5.73 Å². The Hall–Kier alpha value is -2.89. The molecule has 5 N–H and O–H groups in total. The average Bonchev–Trinajstić information content (AvgIpc) is 2.88. The van der Waals surface area contributed by atoms with Crippen molar-refractivity contribution >= 4 is 40.1 Å². The van der Waals surface area contributed by atoms with Crippen molar-refractivity contribution in [3.8, 4) is 0 Å². The highest BCUT2D eigenvalue weighted by atomic mass is 32.1. The summed E-state index contributed by atoms with van der Waals surface area (Å²) in [5.41, 5.74) is 6.77. The van der Waals surface area contributed by atoms with E-state index in [4.69, 9.17) is 15.3 Å². The maximum absolute atomic E-state index is 12.1. The van der Waals surface area contributed by atoms with Gasteiger partial charge < -0.3 is 20.4 Å². The molecule has 0 aliphatic carbocycles. The first-order chi connectivity index (χ1) is 11.8. The number of carboxylic acid groups (broad SMARTS) is 1. The Bertz CT molecular complexity index is 722. The number of nitrogens with one attached hydrogen (secondary N) is 2. The molecule has 0 atom stereocenters. The topological polar surface area (TPSA) is 165 Å². The van der Waals surface area contributed by atoms with Crippen LogP contribution in [0.4, 0.5) is 9.93 Å². The third-order valence-electron chi connectivity index (χ3n) is 2.56. The molecule has 0 fully saturated rings. The van der Waals surface area contributed by atoms with Crippen molar-refractivity contribution in [3.63, 3.8) is 0 Å². The molecule has 1 aromatic heterocycles. The van der Waals surface area contributed by atoms with Gasteiger partial charge in [-0.15, -0.1) is 11.3 Å². The third kappa shape index (κ3) is 6.55. The number of hydrogen-bond acceptors (Lipinski definition) is 9. The highest BCUT2D eigenvalue weighted by Crippen LogP contribution is 2.15. The molecule has 0 unspecified atom stereocenters. The van der Waals surface area contributed by atoms with Gasteiger partial charge in [0, 0.05) is 5.38 Å². The second-order valence-electron chi connectivity index (χ2n) is 6.50. The van der Waals surface area contributed by atoms with Gasteiger partial charge in [-0.1, -0.05) is 5.16 Å². The number of amides is 2. The minimum Gasteiger partial charge on any atom is -0.476 e. The quantitative estimate of drug-likeness (QED) is 0.426. The fourth-order valence-electron chi connectivity index (χ4n) is 1.35. The number of nitrogen functional groups attached to an aromatic ring is 1. The van der Waals surface area contributed by atoms with Crippen LogP contribution >= 0.6 is 11.3 Å². The first-order valence-corrected chi connectivity index (χ1v) is 8.20. The van der Waals surface area contributed by atoms with Gasteiger partial charge in [0.15, 0.2) is 5.13 Å². The lowest BCUT2D eigenvalue weighted by Crippen LogP contribution is -2.52. The van der Waals surface area contributed by atoms with E-state index in [-0.39, 0.29) is 10.8 Å². The molecule has 12 heteroatoms. The minimum atomic E-state index is -1.60. The Kier molecular flexibility index (Phi) is 6.50. The molecule has 0 aromatic carbocycles. The van der Waals surface area contributed by atoms with Gasteiger partial charge in [-0.3, -0.25) is 10.2 Å². The van der Waals surface area contributed by atoms with E-state index < -0.39 is 34.9 Å². The number of carbonyl (C=O) groups excluding carboxylic acids is 2. The molecule has 0 saturated carbocycles. The zero-order chi connectivity index (χ0) is 20.1. The SMILES string of the molecule is CC(C)(C)OC(=O)NNC(=O)C(C)(C)O/N=C(\C(=O)O)c1csc(N)n1. The Morgan fingerprint density at radius 3 is 2.31 bits per heavy atom. The molecule has 1 rings (SSSR count). The number of oxime groups is 1. The van der Waals surface area contributed by atoms with E-state index >= 15 is 0 Å². The van der Waals surface area contributed by atoms with E-state index in [0.29, 0.717) is 0 Å². The predicted molar refractivity (Wildman–Crippen MR) is 93.4 cm³/mol. The highest BCUT2D eigenvalue weighted by Gasteiger charge is 2.32. The molecule has 26 heavy (non-hydrogen) atoms. The number of aromatic nitrogens is 1. The Labute approximate surface area is 153 Å². The lowest BCUT2D eigenvalue weighted by Gasteiger charge is -2.23. The summed E-state index contributed by atoms with van der Waals surface area (Å²) in [5.74, 6) is -2.19. The molecular formula is C14H21N5O6S. The number of anilines is 1. The van der Waals surface area contributed by atoms with E-state index in [1.807, 2.05) is 0 Å². The molecule has 11 nitrogen and oxygen atoms in total. The third-order valence-corrected chi connectivity index (χ3v) is 3.23. The minimum absolute atomic E-state index is 0.00286. The van der Waals surface area contributed by atoms with Crippen molar-refractivity contribution in [2.45, 2.75) is 45.8 Å². The lowest BCUT2D eigenvalue weighted by atomic mass is 10.1. The summed E-state index contributed by atoms with van der Waals surface area (Å²) in [6.45, 7) is 7.65. The first-order valence-electron chi connectivity index (χ1n) is 7.32. The summed E-state index contributed by atoms with van der Waals surface area (Å²) < 4.78 is 4.96. The number of hydrazine groups is 1. The summed E-state index contributed by atoms with van der Waals surface area (Å²) >= 11 is 1.03. The Morgan fingerprint density at radius 2 is 1.85 bits per heavy atom. The molecule has 144 valence electrons. The van der Waals surface area contributed by atoms with E-state index in [0.717, 1.165) is 11.3 Å². The molecule has 1 heterocycles. The normalized spacial score (nSPS) is 12.3. The van der Waals surface area contributed by atoms with E-state index in [1.165, 1.54) is 19.2 Å². The van der Waals surface area contributed by atoms with Crippen LogP contribution in [0.2, 0.25) is 0 Å². The van der Waals surface area contributed by atoms with Crippen LogP contribution in [-0.2, 0) is 19.2 Å². The molecular weight excluding hydrogens is 366 g/mol. The zero-order valence-electron chi connectivity index (χ0n) is 14.9. The maximum Gasteiger partial charge on any atom is 0.426 e. The molecule has 0 spiro atoms. The van der Waals surface area contributed by atoms with Gasteiger partial charge in [-0.05, 0) is 34.6 Å². The van der Waals surface area contributed by atoms with E-state index in [1.54, 1.807) is 20.8 Å². The van der Waals surface area contributed by atoms with Crippen molar-refractivity contribution in [2.24, 2.45) is 5.16 Å². The van der Waals surface area contributed by atoms with Crippen molar-refractivity contribution in [1.82, 2.24) is 15.8 Å². The van der Waals surface area contributed by atoms with Crippen LogP contribution < -0.4 is 16.6 Å². The van der Waals surface area contributed by atoms with Gasteiger partial charge in [-0.2, -0.15) is 0 Å². The van der Waals surface area contributed by atoms with Crippen LogP contribution in [0.3, 0.4) is 0 Å². The summed E-state index contributed by atoms with van der Waals surface area (Å²) in [4.78, 5) is 43.7. The molecule has 0 radical (unpaired) electrons. The maximum atomic E-state index is 12.1. The number of thiazole rings is 1. The second-order valence-corrected chi connectivity index (χ2v) is 7.39. The zero-order valence-corrected chi connectivity index (χ0v) is 15.8. The Balaban J connectivity index is 2.75. The van der Waals surface area contributed by atoms with E-state index in [2.05, 4.69) is 21.0 Å². The molecule has 0 bridgehead atoms. The Morgan fingerprint density at radius 1 is 1.23 bits per heavy atom. The smallest absolute Gasteiger partial charge is 0.426 e. The standard InChI is InChI=1S/C14H21N5O6S/c1-13(2,3)24-12(23)18-17-10(22)14(4,5)25-19-8(9(20)21)7-6-26-11(15)16-7/h6H,1-5H3,(H2,15,16)(H,17,22)(H,18,23)(H,20,21)/b19-8-. The van der Waals surface area contributed by atoms with Crippen LogP contribution in [0.25, 0.3) is 0 Å². The summed E-state index contributed by atoms with van der Waals surface area (Å²) in [7, 11) is 0. The van der Waals surface area contributed by atoms with Crippen LogP contribution in [0.5, 0.6) is 0 Å². The number of ether oxygens (including phenoxy) is 1. The molecule has 0 aliphatic rings.